The van der Waals surface area contributed by atoms with Crippen molar-refractivity contribution in [3.05, 3.63) is 42.0 Å². The average Bonchev–Trinajstić information content (AvgIpc) is 2.33. The predicted molar refractivity (Wildman–Crippen MR) is 62.5 cm³/mol. The van der Waals surface area contributed by atoms with Crippen LogP contribution in [0.3, 0.4) is 0 Å². The lowest BCUT2D eigenvalue weighted by Gasteiger charge is -2.16. The van der Waals surface area contributed by atoms with Crippen molar-refractivity contribution in [2.45, 2.75) is 5.92 Å². The van der Waals surface area contributed by atoms with E-state index >= 15 is 0 Å². The lowest BCUT2D eigenvalue weighted by molar-refractivity contribution is 0.191. The third kappa shape index (κ3) is 1.75. The number of aromatic hydroxyl groups is 1. The minimum Gasteiger partial charge on any atom is -0.508 e. The van der Waals surface area contributed by atoms with Crippen molar-refractivity contribution in [1.82, 2.24) is 0 Å². The maximum Gasteiger partial charge on any atom is 0.119 e. The molecule has 0 saturated heterocycles. The van der Waals surface area contributed by atoms with Gasteiger partial charge in [-0.25, -0.2) is 0 Å². The van der Waals surface area contributed by atoms with E-state index in [2.05, 4.69) is 0 Å². The molecule has 0 amide bonds. The molecule has 0 aliphatic rings. The van der Waals surface area contributed by atoms with Crippen molar-refractivity contribution < 1.29 is 15.3 Å². The summed E-state index contributed by atoms with van der Waals surface area (Å²) in [6.45, 7) is -0.365. The summed E-state index contributed by atoms with van der Waals surface area (Å²) >= 11 is 0. The Bertz CT molecular complexity index is 490. The third-order valence-electron chi connectivity index (χ3n) is 2.80. The smallest absolute Gasteiger partial charge is 0.119 e. The molecule has 2 aromatic carbocycles. The van der Waals surface area contributed by atoms with Crippen LogP contribution in [0.2, 0.25) is 0 Å². The van der Waals surface area contributed by atoms with Crippen molar-refractivity contribution in [3.63, 3.8) is 0 Å². The summed E-state index contributed by atoms with van der Waals surface area (Å²) in [7, 11) is 0. The first-order valence-corrected chi connectivity index (χ1v) is 5.20. The number of phenolic OH excluding ortho intramolecular Hbond substituents is 1. The number of fused-ring (bicyclic) bond motifs is 1. The first-order chi connectivity index (χ1) is 7.77. The molecule has 3 heteroatoms. The van der Waals surface area contributed by atoms with Gasteiger partial charge in [-0.2, -0.15) is 0 Å². The molecule has 0 unspecified atom stereocenters. The third-order valence-corrected chi connectivity index (χ3v) is 2.80. The molecule has 0 aliphatic carbocycles. The Morgan fingerprint density at radius 1 is 0.938 bits per heavy atom. The standard InChI is InChI=1S/C13H14O3/c14-7-10(8-15)13-11-4-2-1-3-9(11)5-6-12(13)16/h1-6,10,14-16H,7-8H2. The minimum absolute atomic E-state index is 0.117. The number of phenols is 1. The van der Waals surface area contributed by atoms with Gasteiger partial charge in [0, 0.05) is 11.5 Å². The zero-order chi connectivity index (χ0) is 11.5. The Balaban J connectivity index is 2.69. The lowest BCUT2D eigenvalue weighted by atomic mass is 9.93. The molecule has 0 fully saturated rings. The van der Waals surface area contributed by atoms with Crippen LogP contribution in [0.25, 0.3) is 10.8 Å². The van der Waals surface area contributed by atoms with Crippen LogP contribution in [-0.2, 0) is 0 Å². The largest absolute Gasteiger partial charge is 0.508 e. The average molecular weight is 218 g/mol. The molecule has 16 heavy (non-hydrogen) atoms. The summed E-state index contributed by atoms with van der Waals surface area (Å²) in [5.74, 6) is -0.321. The Morgan fingerprint density at radius 2 is 1.62 bits per heavy atom. The van der Waals surface area contributed by atoms with E-state index < -0.39 is 5.92 Å². The monoisotopic (exact) mass is 218 g/mol. The molecule has 0 atom stereocenters. The van der Waals surface area contributed by atoms with Crippen LogP contribution in [0.15, 0.2) is 36.4 Å². The number of hydrogen-bond donors (Lipinski definition) is 3. The van der Waals surface area contributed by atoms with Gasteiger partial charge in [-0.1, -0.05) is 30.3 Å². The quantitative estimate of drug-likeness (QED) is 0.733. The van der Waals surface area contributed by atoms with Crippen molar-refractivity contribution >= 4 is 10.8 Å². The van der Waals surface area contributed by atoms with E-state index in [0.717, 1.165) is 10.8 Å². The SMILES string of the molecule is OCC(CO)c1c(O)ccc2ccccc12. The summed E-state index contributed by atoms with van der Waals surface area (Å²) in [5, 5.41) is 30.1. The number of rotatable bonds is 3. The number of aliphatic hydroxyl groups excluding tert-OH is 2. The normalized spacial score (nSPS) is 11.2. The van der Waals surface area contributed by atoms with Gasteiger partial charge in [-0.3, -0.25) is 0 Å². The Kier molecular flexibility index (Phi) is 3.08. The first kappa shape index (κ1) is 10.9. The molecular weight excluding hydrogens is 204 g/mol. The van der Waals surface area contributed by atoms with E-state index in [9.17, 15) is 15.3 Å². The van der Waals surface area contributed by atoms with E-state index in [-0.39, 0.29) is 19.0 Å². The Hall–Kier alpha value is -1.58. The second-order valence-electron chi connectivity index (χ2n) is 3.78. The van der Waals surface area contributed by atoms with Gasteiger partial charge < -0.3 is 15.3 Å². The molecule has 2 rings (SSSR count). The maximum absolute atomic E-state index is 9.82. The summed E-state index contributed by atoms with van der Waals surface area (Å²) in [6, 6.07) is 11.0. The molecule has 0 radical (unpaired) electrons. The van der Waals surface area contributed by atoms with Gasteiger partial charge in [0.2, 0.25) is 0 Å². The fourth-order valence-electron chi connectivity index (χ4n) is 1.95. The molecule has 2 aromatic rings. The highest BCUT2D eigenvalue weighted by Gasteiger charge is 2.16. The van der Waals surface area contributed by atoms with Crippen molar-refractivity contribution in [1.29, 1.82) is 0 Å². The second kappa shape index (κ2) is 4.51. The van der Waals surface area contributed by atoms with Gasteiger partial charge in [0.05, 0.1) is 13.2 Å². The zero-order valence-corrected chi connectivity index (χ0v) is 8.80. The summed E-state index contributed by atoms with van der Waals surface area (Å²) in [4.78, 5) is 0. The lowest BCUT2D eigenvalue weighted by Crippen LogP contribution is -2.09. The number of benzene rings is 2. The van der Waals surface area contributed by atoms with Crippen LogP contribution in [-0.4, -0.2) is 28.5 Å². The van der Waals surface area contributed by atoms with E-state index in [4.69, 9.17) is 0 Å². The van der Waals surface area contributed by atoms with Crippen molar-refractivity contribution in [2.75, 3.05) is 13.2 Å². The molecule has 0 spiro atoms. The van der Waals surface area contributed by atoms with Gasteiger partial charge in [-0.05, 0) is 16.8 Å². The highest BCUT2D eigenvalue weighted by atomic mass is 16.3. The van der Waals surface area contributed by atoms with E-state index in [1.54, 1.807) is 6.07 Å². The second-order valence-corrected chi connectivity index (χ2v) is 3.78. The maximum atomic E-state index is 9.82. The van der Waals surface area contributed by atoms with Crippen LogP contribution in [0.5, 0.6) is 5.75 Å². The van der Waals surface area contributed by atoms with Crippen LogP contribution < -0.4 is 0 Å². The fraction of sp³-hybridized carbons (Fsp3) is 0.231. The molecule has 0 bridgehead atoms. The molecule has 0 aliphatic heterocycles. The van der Waals surface area contributed by atoms with Gasteiger partial charge >= 0.3 is 0 Å². The Labute approximate surface area is 93.6 Å². The van der Waals surface area contributed by atoms with Crippen molar-refractivity contribution in [3.8, 4) is 5.75 Å². The Morgan fingerprint density at radius 3 is 2.31 bits per heavy atom. The van der Waals surface area contributed by atoms with Gasteiger partial charge in [0.25, 0.3) is 0 Å². The highest BCUT2D eigenvalue weighted by Crippen LogP contribution is 2.32. The van der Waals surface area contributed by atoms with Crippen LogP contribution in [0.1, 0.15) is 11.5 Å². The topological polar surface area (TPSA) is 60.7 Å². The zero-order valence-electron chi connectivity index (χ0n) is 8.80. The van der Waals surface area contributed by atoms with Crippen LogP contribution in [0, 0.1) is 0 Å². The molecule has 3 N–H and O–H groups in total. The molecule has 84 valence electrons. The highest BCUT2D eigenvalue weighted by molar-refractivity contribution is 5.88. The van der Waals surface area contributed by atoms with E-state index in [0.29, 0.717) is 5.56 Å². The molecule has 3 nitrogen and oxygen atoms in total. The van der Waals surface area contributed by atoms with Gasteiger partial charge in [0.1, 0.15) is 5.75 Å². The van der Waals surface area contributed by atoms with Crippen LogP contribution in [0.4, 0.5) is 0 Å². The summed E-state index contributed by atoms with van der Waals surface area (Å²) in [6.07, 6.45) is 0. The number of aliphatic hydroxyl groups is 2. The van der Waals surface area contributed by atoms with Gasteiger partial charge in [0.15, 0.2) is 0 Å². The van der Waals surface area contributed by atoms with Crippen molar-refractivity contribution in [2.24, 2.45) is 0 Å². The van der Waals surface area contributed by atoms with E-state index in [1.807, 2.05) is 30.3 Å². The molecule has 0 saturated carbocycles. The number of hydrogen-bond acceptors (Lipinski definition) is 3. The summed E-state index contributed by atoms with van der Waals surface area (Å²) in [5.41, 5.74) is 0.614. The van der Waals surface area contributed by atoms with Gasteiger partial charge in [-0.15, -0.1) is 0 Å². The van der Waals surface area contributed by atoms with E-state index in [1.165, 1.54) is 0 Å². The fourth-order valence-corrected chi connectivity index (χ4v) is 1.95. The molecular formula is C13H14O3. The molecule has 0 heterocycles. The molecule has 0 aromatic heterocycles. The summed E-state index contributed by atoms with van der Waals surface area (Å²) < 4.78 is 0. The predicted octanol–water partition coefficient (Wildman–Crippen LogP) is 1.61. The van der Waals surface area contributed by atoms with Crippen LogP contribution >= 0.6 is 0 Å². The minimum atomic E-state index is -0.439. The first-order valence-electron chi connectivity index (χ1n) is 5.20.